The van der Waals surface area contributed by atoms with Crippen LogP contribution in [0.4, 0.5) is 23.2 Å². The van der Waals surface area contributed by atoms with Crippen molar-refractivity contribution in [2.75, 3.05) is 5.32 Å². The topological polar surface area (TPSA) is 55.1 Å². The van der Waals surface area contributed by atoms with E-state index in [4.69, 9.17) is 5.73 Å². The first-order valence-corrected chi connectivity index (χ1v) is 5.69. The predicted octanol–water partition coefficient (Wildman–Crippen LogP) is 2.91. The van der Waals surface area contributed by atoms with Crippen LogP contribution in [-0.2, 0) is 11.0 Å². The molecule has 0 aromatic heterocycles. The Morgan fingerprint density at radius 1 is 1.42 bits per heavy atom. The second-order valence-electron chi connectivity index (χ2n) is 4.08. The average molecular weight is 278 g/mol. The fraction of sp³-hybridized carbons (Fsp3) is 0.417. The second-order valence-corrected chi connectivity index (χ2v) is 4.08. The van der Waals surface area contributed by atoms with Gasteiger partial charge < -0.3 is 11.1 Å². The molecule has 0 aliphatic rings. The summed E-state index contributed by atoms with van der Waals surface area (Å²) in [5.74, 6) is -1.98. The Morgan fingerprint density at radius 2 is 2.05 bits per heavy atom. The van der Waals surface area contributed by atoms with Gasteiger partial charge in [0, 0.05) is 5.69 Å². The van der Waals surface area contributed by atoms with Crippen molar-refractivity contribution in [3.8, 4) is 0 Å². The molecule has 1 amide bonds. The molecular formula is C12H14F4N2O. The summed E-state index contributed by atoms with van der Waals surface area (Å²) >= 11 is 0. The zero-order chi connectivity index (χ0) is 14.6. The Balaban J connectivity index is 2.89. The van der Waals surface area contributed by atoms with Crippen LogP contribution in [0.15, 0.2) is 18.2 Å². The largest absolute Gasteiger partial charge is 0.419 e. The van der Waals surface area contributed by atoms with E-state index < -0.39 is 29.5 Å². The summed E-state index contributed by atoms with van der Waals surface area (Å²) in [6.45, 7) is 1.83. The van der Waals surface area contributed by atoms with Crippen LogP contribution in [-0.4, -0.2) is 11.9 Å². The van der Waals surface area contributed by atoms with Crippen LogP contribution in [0.5, 0.6) is 0 Å². The highest BCUT2D eigenvalue weighted by molar-refractivity contribution is 5.94. The predicted molar refractivity (Wildman–Crippen MR) is 62.9 cm³/mol. The zero-order valence-corrected chi connectivity index (χ0v) is 10.2. The van der Waals surface area contributed by atoms with Crippen molar-refractivity contribution >= 4 is 11.6 Å². The van der Waals surface area contributed by atoms with Gasteiger partial charge in [-0.3, -0.25) is 4.79 Å². The number of carbonyl (C=O) groups excluding carboxylic acids is 1. The number of nitrogens with two attached hydrogens (primary N) is 1. The van der Waals surface area contributed by atoms with E-state index in [0.717, 1.165) is 6.07 Å². The van der Waals surface area contributed by atoms with E-state index in [1.165, 1.54) is 0 Å². The van der Waals surface area contributed by atoms with Gasteiger partial charge >= 0.3 is 6.18 Å². The molecule has 1 rings (SSSR count). The van der Waals surface area contributed by atoms with Crippen molar-refractivity contribution in [2.24, 2.45) is 5.73 Å². The standard InChI is InChI=1S/C12H14F4N2O/c1-2-3-10(17)11(19)18-7-4-5-9(13)8(6-7)12(14,15)16/h4-6,10H,2-3,17H2,1H3,(H,18,19). The smallest absolute Gasteiger partial charge is 0.325 e. The highest BCUT2D eigenvalue weighted by Crippen LogP contribution is 2.32. The van der Waals surface area contributed by atoms with Gasteiger partial charge in [-0.05, 0) is 24.6 Å². The number of hydrogen-bond acceptors (Lipinski definition) is 2. The van der Waals surface area contributed by atoms with Crippen LogP contribution in [0.3, 0.4) is 0 Å². The van der Waals surface area contributed by atoms with Gasteiger partial charge in [0.15, 0.2) is 0 Å². The fourth-order valence-corrected chi connectivity index (χ4v) is 1.50. The van der Waals surface area contributed by atoms with Crippen molar-refractivity contribution in [2.45, 2.75) is 32.0 Å². The van der Waals surface area contributed by atoms with E-state index in [9.17, 15) is 22.4 Å². The SMILES string of the molecule is CCCC(N)C(=O)Nc1ccc(F)c(C(F)(F)F)c1. The highest BCUT2D eigenvalue weighted by Gasteiger charge is 2.34. The number of carbonyl (C=O) groups is 1. The van der Waals surface area contributed by atoms with E-state index in [0.29, 0.717) is 25.0 Å². The minimum absolute atomic E-state index is 0.134. The quantitative estimate of drug-likeness (QED) is 0.832. The summed E-state index contributed by atoms with van der Waals surface area (Å²) in [5, 5.41) is 2.24. The lowest BCUT2D eigenvalue weighted by Crippen LogP contribution is -2.35. The van der Waals surface area contributed by atoms with Gasteiger partial charge in [0.2, 0.25) is 5.91 Å². The third-order valence-corrected chi connectivity index (χ3v) is 2.48. The summed E-state index contributed by atoms with van der Waals surface area (Å²) in [4.78, 5) is 11.5. The lowest BCUT2D eigenvalue weighted by molar-refractivity contribution is -0.140. The van der Waals surface area contributed by atoms with Crippen LogP contribution < -0.4 is 11.1 Å². The number of amides is 1. The van der Waals surface area contributed by atoms with Gasteiger partial charge in [0.1, 0.15) is 5.82 Å². The number of hydrogen-bond donors (Lipinski definition) is 2. The molecule has 0 aliphatic carbocycles. The molecule has 1 aromatic rings. The van der Waals surface area contributed by atoms with Gasteiger partial charge in [-0.25, -0.2) is 4.39 Å². The third kappa shape index (κ3) is 4.20. The van der Waals surface area contributed by atoms with Crippen molar-refractivity contribution in [1.82, 2.24) is 0 Å². The minimum atomic E-state index is -4.81. The van der Waals surface area contributed by atoms with Crippen molar-refractivity contribution in [3.63, 3.8) is 0 Å². The third-order valence-electron chi connectivity index (χ3n) is 2.48. The van der Waals surface area contributed by atoms with Crippen molar-refractivity contribution in [3.05, 3.63) is 29.6 Å². The van der Waals surface area contributed by atoms with E-state index in [1.807, 2.05) is 6.92 Å². The van der Waals surface area contributed by atoms with Gasteiger partial charge in [-0.1, -0.05) is 13.3 Å². The Morgan fingerprint density at radius 3 is 2.58 bits per heavy atom. The Hall–Kier alpha value is -1.63. The molecule has 0 bridgehead atoms. The Kier molecular flexibility index (Phi) is 4.88. The normalized spacial score (nSPS) is 13.2. The van der Waals surface area contributed by atoms with Crippen molar-refractivity contribution < 1.29 is 22.4 Å². The molecule has 0 radical (unpaired) electrons. The van der Waals surface area contributed by atoms with Gasteiger partial charge in [-0.15, -0.1) is 0 Å². The number of halogens is 4. The summed E-state index contributed by atoms with van der Waals surface area (Å²) < 4.78 is 50.4. The molecule has 0 heterocycles. The minimum Gasteiger partial charge on any atom is -0.325 e. The Bertz CT molecular complexity index is 460. The maximum absolute atomic E-state index is 13.0. The molecule has 7 heteroatoms. The van der Waals surface area contributed by atoms with Crippen LogP contribution in [0.1, 0.15) is 25.3 Å². The number of benzene rings is 1. The Labute approximate surface area is 107 Å². The van der Waals surface area contributed by atoms with Crippen molar-refractivity contribution in [1.29, 1.82) is 0 Å². The lowest BCUT2D eigenvalue weighted by atomic mass is 10.1. The van der Waals surface area contributed by atoms with Crippen LogP contribution in [0.2, 0.25) is 0 Å². The summed E-state index contributed by atoms with van der Waals surface area (Å²) in [7, 11) is 0. The molecule has 0 saturated carbocycles. The van der Waals surface area contributed by atoms with E-state index in [1.54, 1.807) is 0 Å². The number of alkyl halides is 3. The molecule has 19 heavy (non-hydrogen) atoms. The van der Waals surface area contributed by atoms with Crippen LogP contribution in [0.25, 0.3) is 0 Å². The lowest BCUT2D eigenvalue weighted by Gasteiger charge is -2.13. The molecule has 1 aromatic carbocycles. The molecule has 1 atom stereocenters. The highest BCUT2D eigenvalue weighted by atomic mass is 19.4. The maximum Gasteiger partial charge on any atom is 0.419 e. The molecule has 3 nitrogen and oxygen atoms in total. The van der Waals surface area contributed by atoms with E-state index >= 15 is 0 Å². The number of rotatable bonds is 4. The molecular weight excluding hydrogens is 264 g/mol. The monoisotopic (exact) mass is 278 g/mol. The first kappa shape index (κ1) is 15.4. The number of anilines is 1. The molecule has 3 N–H and O–H groups in total. The van der Waals surface area contributed by atoms with Gasteiger partial charge in [0.05, 0.1) is 11.6 Å². The summed E-state index contributed by atoms with van der Waals surface area (Å²) in [6.07, 6.45) is -3.72. The second kappa shape index (κ2) is 6.01. The fourth-order valence-electron chi connectivity index (χ4n) is 1.50. The molecule has 0 fully saturated rings. The summed E-state index contributed by atoms with van der Waals surface area (Å²) in [6, 6.07) is 1.46. The molecule has 1 unspecified atom stereocenters. The first-order valence-electron chi connectivity index (χ1n) is 5.69. The molecule has 106 valence electrons. The van der Waals surface area contributed by atoms with E-state index in [-0.39, 0.29) is 5.69 Å². The first-order chi connectivity index (χ1) is 8.75. The summed E-state index contributed by atoms with van der Waals surface area (Å²) in [5.41, 5.74) is 3.97. The molecule has 0 saturated heterocycles. The maximum atomic E-state index is 13.0. The van der Waals surface area contributed by atoms with E-state index in [2.05, 4.69) is 5.32 Å². The van der Waals surface area contributed by atoms with Crippen LogP contribution in [0, 0.1) is 5.82 Å². The van der Waals surface area contributed by atoms with Gasteiger partial charge in [-0.2, -0.15) is 13.2 Å². The molecule has 0 spiro atoms. The zero-order valence-electron chi connectivity index (χ0n) is 10.2. The van der Waals surface area contributed by atoms with Crippen LogP contribution >= 0.6 is 0 Å². The number of nitrogens with one attached hydrogen (secondary N) is 1. The molecule has 0 aliphatic heterocycles. The van der Waals surface area contributed by atoms with Gasteiger partial charge in [0.25, 0.3) is 0 Å². The average Bonchev–Trinajstić information content (AvgIpc) is 2.30.